The van der Waals surface area contributed by atoms with Gasteiger partial charge in [0, 0.05) is 18.8 Å². The molecule has 0 aromatic carbocycles. The highest BCUT2D eigenvalue weighted by Gasteiger charge is 2.08. The van der Waals surface area contributed by atoms with E-state index < -0.39 is 0 Å². The highest BCUT2D eigenvalue weighted by molar-refractivity contribution is 7.99. The first-order valence-electron chi connectivity index (χ1n) is 6.82. The number of nitrogen functional groups attached to an aromatic ring is 2. The van der Waals surface area contributed by atoms with Gasteiger partial charge in [0.1, 0.15) is 16.7 Å². The predicted octanol–water partition coefficient (Wildman–Crippen LogP) is 2.00. The van der Waals surface area contributed by atoms with Crippen molar-refractivity contribution in [3.8, 4) is 0 Å². The maximum Gasteiger partial charge on any atom is 0.197 e. The smallest absolute Gasteiger partial charge is 0.197 e. The van der Waals surface area contributed by atoms with Crippen molar-refractivity contribution < 1.29 is 0 Å². The highest BCUT2D eigenvalue weighted by atomic mass is 32.2. The Labute approximate surface area is 128 Å². The summed E-state index contributed by atoms with van der Waals surface area (Å²) in [6.07, 6.45) is 2.99. The molecule has 0 spiro atoms. The van der Waals surface area contributed by atoms with Gasteiger partial charge in [-0.05, 0) is 42.8 Å². The van der Waals surface area contributed by atoms with Gasteiger partial charge < -0.3 is 16.8 Å². The Balaban J connectivity index is 2.10. The van der Waals surface area contributed by atoms with Gasteiger partial charge in [0.05, 0.1) is 0 Å². The molecule has 2 aromatic rings. The second kappa shape index (κ2) is 7.24. The molecule has 0 aliphatic rings. The average molecular weight is 304 g/mol. The van der Waals surface area contributed by atoms with Crippen molar-refractivity contribution in [1.82, 2.24) is 20.3 Å². The molecule has 0 atom stereocenters. The first-order chi connectivity index (χ1) is 10.1. The third-order valence-corrected chi connectivity index (χ3v) is 3.76. The number of rotatable bonds is 6. The Morgan fingerprint density at radius 3 is 2.52 bits per heavy atom. The molecule has 2 rings (SSSR count). The van der Waals surface area contributed by atoms with Crippen LogP contribution in [0.3, 0.4) is 0 Å². The van der Waals surface area contributed by atoms with Crippen LogP contribution in [-0.4, -0.2) is 21.5 Å². The number of aromatic nitrogens is 3. The van der Waals surface area contributed by atoms with Crippen LogP contribution in [0.1, 0.15) is 24.5 Å². The lowest BCUT2D eigenvalue weighted by Crippen LogP contribution is -2.14. The Kier molecular flexibility index (Phi) is 5.35. The molecule has 0 saturated carbocycles. The molecule has 0 radical (unpaired) electrons. The molecule has 2 aromatic heterocycles. The van der Waals surface area contributed by atoms with Crippen molar-refractivity contribution >= 4 is 23.4 Å². The van der Waals surface area contributed by atoms with Crippen LogP contribution >= 0.6 is 11.8 Å². The van der Waals surface area contributed by atoms with E-state index in [1.165, 1.54) is 23.4 Å². The van der Waals surface area contributed by atoms with Crippen molar-refractivity contribution in [3.63, 3.8) is 0 Å². The van der Waals surface area contributed by atoms with Gasteiger partial charge in [0.2, 0.25) is 0 Å². The second-order valence-electron chi connectivity index (χ2n) is 4.74. The number of nitrogens with two attached hydrogens (primary N) is 2. The molecular formula is C14H20N6S. The van der Waals surface area contributed by atoms with Gasteiger partial charge in [-0.1, -0.05) is 13.0 Å². The maximum absolute atomic E-state index is 5.67. The summed E-state index contributed by atoms with van der Waals surface area (Å²) in [4.78, 5) is 12.8. The Morgan fingerprint density at radius 2 is 1.90 bits per heavy atom. The fourth-order valence-electron chi connectivity index (χ4n) is 1.83. The fourth-order valence-corrected chi connectivity index (χ4v) is 2.63. The topological polar surface area (TPSA) is 103 Å². The summed E-state index contributed by atoms with van der Waals surface area (Å²) in [6, 6.07) is 3.65. The Hall–Kier alpha value is -1.86. The summed E-state index contributed by atoms with van der Waals surface area (Å²) in [5.41, 5.74) is 13.6. The zero-order valence-corrected chi connectivity index (χ0v) is 13.1. The molecular weight excluding hydrogens is 284 g/mol. The minimum Gasteiger partial charge on any atom is -0.383 e. The van der Waals surface area contributed by atoms with E-state index in [4.69, 9.17) is 11.5 Å². The number of pyridine rings is 1. The van der Waals surface area contributed by atoms with Crippen molar-refractivity contribution in [3.05, 3.63) is 29.5 Å². The number of aryl methyl sites for hydroxylation is 1. The van der Waals surface area contributed by atoms with Gasteiger partial charge >= 0.3 is 0 Å². The van der Waals surface area contributed by atoms with E-state index in [2.05, 4.69) is 33.3 Å². The summed E-state index contributed by atoms with van der Waals surface area (Å²) >= 11 is 1.37. The third-order valence-electron chi connectivity index (χ3n) is 2.78. The van der Waals surface area contributed by atoms with Crippen LogP contribution in [0.2, 0.25) is 0 Å². The number of anilines is 2. The number of hydrogen-bond donors (Lipinski definition) is 3. The summed E-state index contributed by atoms with van der Waals surface area (Å²) in [7, 11) is 0. The normalized spacial score (nSPS) is 10.8. The van der Waals surface area contributed by atoms with Crippen LogP contribution in [0, 0.1) is 6.92 Å². The number of hydrogen-bond acceptors (Lipinski definition) is 7. The highest BCUT2D eigenvalue weighted by Crippen LogP contribution is 2.27. The van der Waals surface area contributed by atoms with Crippen LogP contribution in [0.4, 0.5) is 11.6 Å². The zero-order chi connectivity index (χ0) is 15.2. The first kappa shape index (κ1) is 15.5. The van der Waals surface area contributed by atoms with E-state index in [1.807, 2.05) is 13.1 Å². The monoisotopic (exact) mass is 304 g/mol. The third kappa shape index (κ3) is 4.57. The lowest BCUT2D eigenvalue weighted by atomic mass is 10.2. The van der Waals surface area contributed by atoms with E-state index in [0.29, 0.717) is 16.8 Å². The van der Waals surface area contributed by atoms with Crippen molar-refractivity contribution in [1.29, 1.82) is 0 Å². The lowest BCUT2D eigenvalue weighted by molar-refractivity contribution is 0.672. The minimum atomic E-state index is 0.364. The molecule has 21 heavy (non-hydrogen) atoms. The minimum absolute atomic E-state index is 0.364. The van der Waals surface area contributed by atoms with Gasteiger partial charge in [-0.25, -0.2) is 15.0 Å². The molecule has 0 fully saturated rings. The number of nitrogens with zero attached hydrogens (tertiary/aromatic N) is 3. The molecule has 0 amide bonds. The van der Waals surface area contributed by atoms with Gasteiger partial charge in [0.15, 0.2) is 5.16 Å². The lowest BCUT2D eigenvalue weighted by Gasteiger charge is -2.08. The molecule has 0 saturated heterocycles. The van der Waals surface area contributed by atoms with Crippen LogP contribution in [0.15, 0.2) is 28.5 Å². The standard InChI is InChI=1S/C14H20N6S/c1-3-4-17-7-10-5-9(2)13(18-8-10)21-14-19-11(15)6-12(16)20-14/h5-6,8,17H,3-4,7H2,1-2H3,(H4,15,16,19,20). The summed E-state index contributed by atoms with van der Waals surface area (Å²) in [5, 5.41) is 4.73. The molecule has 0 aliphatic heterocycles. The molecule has 0 unspecified atom stereocenters. The van der Waals surface area contributed by atoms with Gasteiger partial charge in [-0.2, -0.15) is 0 Å². The fraction of sp³-hybridized carbons (Fsp3) is 0.357. The van der Waals surface area contributed by atoms with Gasteiger partial charge in [-0.15, -0.1) is 0 Å². The van der Waals surface area contributed by atoms with E-state index >= 15 is 0 Å². The summed E-state index contributed by atoms with van der Waals surface area (Å²) < 4.78 is 0. The largest absolute Gasteiger partial charge is 0.383 e. The van der Waals surface area contributed by atoms with Gasteiger partial charge in [-0.3, -0.25) is 0 Å². The maximum atomic E-state index is 5.67. The van der Waals surface area contributed by atoms with Crippen LogP contribution in [0.25, 0.3) is 0 Å². The Bertz CT molecular complexity index is 596. The zero-order valence-electron chi connectivity index (χ0n) is 12.3. The van der Waals surface area contributed by atoms with Crippen molar-refractivity contribution in [2.24, 2.45) is 0 Å². The molecule has 112 valence electrons. The molecule has 2 heterocycles. The molecule has 6 nitrogen and oxygen atoms in total. The molecule has 5 N–H and O–H groups in total. The molecule has 0 bridgehead atoms. The predicted molar refractivity (Wildman–Crippen MR) is 86.0 cm³/mol. The quantitative estimate of drug-likeness (QED) is 0.554. The first-order valence-corrected chi connectivity index (χ1v) is 7.64. The van der Waals surface area contributed by atoms with E-state index in [9.17, 15) is 0 Å². The SMILES string of the molecule is CCCNCc1cnc(Sc2nc(N)cc(N)n2)c(C)c1. The second-order valence-corrected chi connectivity index (χ2v) is 5.70. The summed E-state index contributed by atoms with van der Waals surface area (Å²) in [6.45, 7) is 6.00. The van der Waals surface area contributed by atoms with E-state index in [1.54, 1.807) is 0 Å². The Morgan fingerprint density at radius 1 is 1.19 bits per heavy atom. The van der Waals surface area contributed by atoms with Crippen LogP contribution in [0.5, 0.6) is 0 Å². The van der Waals surface area contributed by atoms with Crippen LogP contribution in [-0.2, 0) is 6.54 Å². The summed E-state index contributed by atoms with van der Waals surface area (Å²) in [5.74, 6) is 0.728. The van der Waals surface area contributed by atoms with E-state index in [-0.39, 0.29) is 0 Å². The molecule has 0 aliphatic carbocycles. The van der Waals surface area contributed by atoms with Crippen molar-refractivity contribution in [2.45, 2.75) is 37.0 Å². The van der Waals surface area contributed by atoms with Crippen LogP contribution < -0.4 is 16.8 Å². The van der Waals surface area contributed by atoms with Gasteiger partial charge in [0.25, 0.3) is 0 Å². The van der Waals surface area contributed by atoms with E-state index in [0.717, 1.165) is 30.1 Å². The average Bonchev–Trinajstić information content (AvgIpc) is 2.41. The van der Waals surface area contributed by atoms with Crippen molar-refractivity contribution in [2.75, 3.05) is 18.0 Å². The number of nitrogens with one attached hydrogen (secondary N) is 1. The molecule has 7 heteroatoms.